The number of nitrogens with zero attached hydrogens (tertiary/aromatic N) is 4. The molecule has 148 valence electrons. The van der Waals surface area contributed by atoms with Crippen LogP contribution in [0.25, 0.3) is 11.0 Å². The quantitative estimate of drug-likeness (QED) is 0.794. The molecule has 8 heteroatoms. The van der Waals surface area contributed by atoms with Crippen LogP contribution in [0.4, 0.5) is 4.39 Å². The summed E-state index contributed by atoms with van der Waals surface area (Å²) in [7, 11) is 2.09. The number of fused-ring (bicyclic) bond motifs is 1. The molecule has 0 saturated carbocycles. The molecule has 4 rings (SSSR count). The summed E-state index contributed by atoms with van der Waals surface area (Å²) in [6, 6.07) is 3.14. The van der Waals surface area contributed by atoms with Gasteiger partial charge in [0.25, 0.3) is 0 Å². The Morgan fingerprint density at radius 3 is 2.52 bits per heavy atom. The molecule has 1 aromatic heterocycles. The Morgan fingerprint density at radius 2 is 1.81 bits per heavy atom. The summed E-state index contributed by atoms with van der Waals surface area (Å²) in [6.45, 7) is 6.35. The summed E-state index contributed by atoms with van der Waals surface area (Å²) in [5.74, 6) is -0.482. The maximum atomic E-state index is 14.2. The van der Waals surface area contributed by atoms with Crippen LogP contribution in [0.5, 0.6) is 0 Å². The third kappa shape index (κ3) is 3.78. The van der Waals surface area contributed by atoms with Gasteiger partial charge in [0.1, 0.15) is 5.82 Å². The molecule has 0 radical (unpaired) electrons. The Kier molecular flexibility index (Phi) is 5.55. The largest absolute Gasteiger partial charge is 0.379 e. The van der Waals surface area contributed by atoms with E-state index in [9.17, 15) is 9.18 Å². The van der Waals surface area contributed by atoms with Gasteiger partial charge >= 0.3 is 5.69 Å². The summed E-state index contributed by atoms with van der Waals surface area (Å²) in [6.07, 6.45) is 1.82. The van der Waals surface area contributed by atoms with Crippen LogP contribution in [0.3, 0.4) is 0 Å². The van der Waals surface area contributed by atoms with E-state index in [-0.39, 0.29) is 16.8 Å². The third-order valence-electron chi connectivity index (χ3n) is 5.80. The molecule has 0 atom stereocenters. The van der Waals surface area contributed by atoms with E-state index < -0.39 is 5.82 Å². The first-order valence-corrected chi connectivity index (χ1v) is 10.0. The minimum Gasteiger partial charge on any atom is -0.379 e. The van der Waals surface area contributed by atoms with Crippen LogP contribution >= 0.6 is 11.6 Å². The lowest BCUT2D eigenvalue weighted by atomic mass is 10.1. The lowest BCUT2D eigenvalue weighted by molar-refractivity contribution is 0.0364. The number of hydrogen-bond acceptors (Lipinski definition) is 4. The summed E-state index contributed by atoms with van der Waals surface area (Å²) in [5.41, 5.74) is 1.31. The Labute approximate surface area is 163 Å². The number of rotatable bonds is 4. The highest BCUT2D eigenvalue weighted by Crippen LogP contribution is 2.28. The van der Waals surface area contributed by atoms with E-state index >= 15 is 0 Å². The van der Waals surface area contributed by atoms with Crippen LogP contribution < -0.4 is 5.69 Å². The van der Waals surface area contributed by atoms with Gasteiger partial charge in [-0.05, 0) is 39.0 Å². The van der Waals surface area contributed by atoms with Gasteiger partial charge in [-0.25, -0.2) is 9.18 Å². The Hall–Kier alpha value is -1.41. The second kappa shape index (κ2) is 7.91. The zero-order valence-corrected chi connectivity index (χ0v) is 16.4. The van der Waals surface area contributed by atoms with Crippen molar-refractivity contribution in [3.8, 4) is 0 Å². The molecule has 0 amide bonds. The van der Waals surface area contributed by atoms with Gasteiger partial charge in [-0.2, -0.15) is 0 Å². The van der Waals surface area contributed by atoms with Crippen molar-refractivity contribution in [3.05, 3.63) is 33.5 Å². The molecule has 2 saturated heterocycles. The van der Waals surface area contributed by atoms with Crippen molar-refractivity contribution in [2.45, 2.75) is 25.4 Å². The second-order valence-corrected chi connectivity index (χ2v) is 7.95. The van der Waals surface area contributed by atoms with E-state index in [2.05, 4.69) is 16.8 Å². The van der Waals surface area contributed by atoms with E-state index in [1.54, 1.807) is 10.6 Å². The van der Waals surface area contributed by atoms with Gasteiger partial charge in [-0.3, -0.25) is 14.0 Å². The average Bonchev–Trinajstić information content (AvgIpc) is 2.93. The zero-order chi connectivity index (χ0) is 19.0. The average molecular weight is 397 g/mol. The number of ether oxygens (including phenoxy) is 1. The summed E-state index contributed by atoms with van der Waals surface area (Å²) in [4.78, 5) is 17.8. The first-order chi connectivity index (χ1) is 13.0. The predicted octanol–water partition coefficient (Wildman–Crippen LogP) is 2.19. The van der Waals surface area contributed by atoms with Gasteiger partial charge in [0.2, 0.25) is 0 Å². The number of hydrogen-bond donors (Lipinski definition) is 0. The number of piperidine rings is 1. The second-order valence-electron chi connectivity index (χ2n) is 7.55. The summed E-state index contributed by atoms with van der Waals surface area (Å²) in [5, 5.41) is 0.0644. The molecule has 2 fully saturated rings. The Balaban J connectivity index is 1.70. The van der Waals surface area contributed by atoms with Crippen LogP contribution in [0.15, 0.2) is 16.9 Å². The molecule has 0 unspecified atom stereocenters. The molecular formula is C19H26ClFN4O2. The van der Waals surface area contributed by atoms with E-state index in [1.807, 2.05) is 4.57 Å². The SMILES string of the molecule is CN1CCC(n2c(=O)n(CCN3CCOCC3)c3cc(F)c(Cl)cc32)CC1. The molecule has 3 heterocycles. The molecule has 0 spiro atoms. The normalized spacial score (nSPS) is 20.6. The molecule has 0 aliphatic carbocycles. The van der Waals surface area contributed by atoms with Crippen molar-refractivity contribution >= 4 is 22.6 Å². The fourth-order valence-electron chi connectivity index (χ4n) is 4.16. The summed E-state index contributed by atoms with van der Waals surface area (Å²) < 4.78 is 23.1. The highest BCUT2D eigenvalue weighted by atomic mass is 35.5. The Bertz CT molecular complexity index is 867. The van der Waals surface area contributed by atoms with E-state index in [0.29, 0.717) is 12.1 Å². The van der Waals surface area contributed by atoms with Crippen molar-refractivity contribution in [1.82, 2.24) is 18.9 Å². The molecule has 2 aliphatic rings. The lowest BCUT2D eigenvalue weighted by Gasteiger charge is -2.29. The van der Waals surface area contributed by atoms with Gasteiger partial charge in [0.15, 0.2) is 0 Å². The highest BCUT2D eigenvalue weighted by molar-refractivity contribution is 6.31. The van der Waals surface area contributed by atoms with Gasteiger partial charge in [-0.15, -0.1) is 0 Å². The fraction of sp³-hybridized carbons (Fsp3) is 0.632. The smallest absolute Gasteiger partial charge is 0.329 e. The van der Waals surface area contributed by atoms with Gasteiger partial charge in [0, 0.05) is 38.3 Å². The number of benzene rings is 1. The summed E-state index contributed by atoms with van der Waals surface area (Å²) >= 11 is 6.05. The van der Waals surface area contributed by atoms with Crippen LogP contribution in [0.1, 0.15) is 18.9 Å². The first kappa shape index (κ1) is 18.9. The van der Waals surface area contributed by atoms with E-state index in [4.69, 9.17) is 16.3 Å². The minimum atomic E-state index is -0.482. The van der Waals surface area contributed by atoms with Crippen LogP contribution in [0.2, 0.25) is 5.02 Å². The standard InChI is InChI=1S/C19H26ClFN4O2/c1-22-4-2-14(3-5-22)25-18-12-15(20)16(21)13-17(18)24(19(25)26)7-6-23-8-10-27-11-9-23/h12-14H,2-11H2,1H3. The van der Waals surface area contributed by atoms with Crippen LogP contribution in [0, 0.1) is 5.82 Å². The van der Waals surface area contributed by atoms with Crippen molar-refractivity contribution in [2.24, 2.45) is 0 Å². The van der Waals surface area contributed by atoms with Crippen LogP contribution in [-0.4, -0.2) is 71.9 Å². The fourth-order valence-corrected chi connectivity index (χ4v) is 4.32. The number of morpholine rings is 1. The van der Waals surface area contributed by atoms with Crippen molar-refractivity contribution in [2.75, 3.05) is 53.0 Å². The molecule has 6 nitrogen and oxygen atoms in total. The van der Waals surface area contributed by atoms with Gasteiger partial charge in [-0.1, -0.05) is 11.6 Å². The number of likely N-dealkylation sites (tertiary alicyclic amines) is 1. The highest BCUT2D eigenvalue weighted by Gasteiger charge is 2.25. The minimum absolute atomic E-state index is 0.0607. The van der Waals surface area contributed by atoms with Crippen molar-refractivity contribution < 1.29 is 9.13 Å². The third-order valence-corrected chi connectivity index (χ3v) is 6.09. The molecule has 0 N–H and O–H groups in total. The molecular weight excluding hydrogens is 371 g/mol. The first-order valence-electron chi connectivity index (χ1n) is 9.63. The molecule has 27 heavy (non-hydrogen) atoms. The van der Waals surface area contributed by atoms with Crippen molar-refractivity contribution in [3.63, 3.8) is 0 Å². The molecule has 2 aromatic rings. The monoisotopic (exact) mass is 396 g/mol. The lowest BCUT2D eigenvalue weighted by Crippen LogP contribution is -2.40. The number of halogens is 2. The maximum Gasteiger partial charge on any atom is 0.329 e. The maximum absolute atomic E-state index is 14.2. The number of imidazole rings is 1. The zero-order valence-electron chi connectivity index (χ0n) is 15.7. The van der Waals surface area contributed by atoms with Crippen LogP contribution in [-0.2, 0) is 11.3 Å². The van der Waals surface area contributed by atoms with Gasteiger partial charge < -0.3 is 9.64 Å². The molecule has 1 aromatic carbocycles. The molecule has 2 aliphatic heterocycles. The van der Waals surface area contributed by atoms with Crippen molar-refractivity contribution in [1.29, 1.82) is 0 Å². The van der Waals surface area contributed by atoms with Gasteiger partial charge in [0.05, 0.1) is 29.3 Å². The topological polar surface area (TPSA) is 42.6 Å². The predicted molar refractivity (Wildman–Crippen MR) is 104 cm³/mol. The molecule has 0 bridgehead atoms. The Morgan fingerprint density at radius 1 is 1.11 bits per heavy atom. The van der Waals surface area contributed by atoms with E-state index in [0.717, 1.165) is 64.3 Å². The number of aromatic nitrogens is 2. The van der Waals surface area contributed by atoms with E-state index in [1.165, 1.54) is 6.07 Å².